The van der Waals surface area contributed by atoms with E-state index in [4.69, 9.17) is 4.74 Å². The number of fused-ring (bicyclic) bond motifs is 3. The third-order valence-electron chi connectivity index (χ3n) is 5.21. The van der Waals surface area contributed by atoms with Crippen LogP contribution in [0, 0.1) is 12.8 Å². The summed E-state index contributed by atoms with van der Waals surface area (Å²) in [6.45, 7) is 5.55. The van der Waals surface area contributed by atoms with Crippen LogP contribution in [0.25, 0.3) is 10.2 Å². The predicted octanol–water partition coefficient (Wildman–Crippen LogP) is 4.15. The molecule has 0 saturated heterocycles. The maximum absolute atomic E-state index is 12.9. The van der Waals surface area contributed by atoms with Crippen LogP contribution in [0.2, 0.25) is 0 Å². The summed E-state index contributed by atoms with van der Waals surface area (Å²) >= 11 is 1.65. The van der Waals surface area contributed by atoms with Gasteiger partial charge in [-0.25, -0.2) is 4.68 Å². The van der Waals surface area contributed by atoms with Gasteiger partial charge in [0.05, 0.1) is 12.0 Å². The van der Waals surface area contributed by atoms with Gasteiger partial charge in [-0.05, 0) is 68.2 Å². The Morgan fingerprint density at radius 3 is 3.07 bits per heavy atom. The van der Waals surface area contributed by atoms with Gasteiger partial charge in [0.2, 0.25) is 0 Å². The van der Waals surface area contributed by atoms with Gasteiger partial charge in [-0.15, -0.1) is 16.4 Å². The van der Waals surface area contributed by atoms with Crippen LogP contribution in [0.4, 0.5) is 0 Å². The number of benzene rings is 1. The third-order valence-corrected chi connectivity index (χ3v) is 6.35. The molecule has 0 unspecified atom stereocenters. The molecule has 0 spiro atoms. The maximum Gasteiger partial charge on any atom is 0.278 e. The van der Waals surface area contributed by atoms with Crippen molar-refractivity contribution in [3.63, 3.8) is 0 Å². The minimum atomic E-state index is 0.0201. The molecule has 1 aliphatic rings. The quantitative estimate of drug-likeness (QED) is 0.600. The van der Waals surface area contributed by atoms with E-state index in [0.717, 1.165) is 48.1 Å². The van der Waals surface area contributed by atoms with Crippen molar-refractivity contribution < 1.29 is 4.74 Å². The first-order chi connectivity index (χ1) is 13.1. The fourth-order valence-electron chi connectivity index (χ4n) is 3.70. The number of nitrogens with zero attached hydrogens (tertiary/aromatic N) is 3. The molecule has 0 amide bonds. The molecule has 1 aliphatic carbocycles. The van der Waals surface area contributed by atoms with Crippen molar-refractivity contribution in [1.82, 2.24) is 15.0 Å². The highest BCUT2D eigenvalue weighted by Gasteiger charge is 2.23. The Bertz CT molecular complexity index is 1010. The average molecular weight is 384 g/mol. The van der Waals surface area contributed by atoms with Crippen molar-refractivity contribution in [3.8, 4) is 5.75 Å². The summed E-state index contributed by atoms with van der Waals surface area (Å²) in [7, 11) is 0. The molecule has 2 aromatic heterocycles. The first-order valence-corrected chi connectivity index (χ1v) is 10.5. The van der Waals surface area contributed by atoms with Crippen molar-refractivity contribution in [2.45, 2.75) is 52.5 Å². The molecule has 3 aromatic rings. The Balaban J connectivity index is 1.39. The summed E-state index contributed by atoms with van der Waals surface area (Å²) in [5, 5.41) is 9.30. The number of ether oxygens (including phenoxy) is 1. The predicted molar refractivity (Wildman–Crippen MR) is 109 cm³/mol. The molecule has 0 fully saturated rings. The van der Waals surface area contributed by atoms with E-state index in [1.807, 2.05) is 18.2 Å². The van der Waals surface area contributed by atoms with Crippen LogP contribution in [0.3, 0.4) is 0 Å². The molecule has 27 heavy (non-hydrogen) atoms. The number of unbranched alkanes of at least 4 members (excludes halogenated alkanes) is 1. The Hall–Kier alpha value is -2.21. The molecule has 2 heterocycles. The van der Waals surface area contributed by atoms with E-state index in [1.54, 1.807) is 11.3 Å². The van der Waals surface area contributed by atoms with Crippen LogP contribution >= 0.6 is 11.3 Å². The molecule has 0 radical (unpaired) electrons. The summed E-state index contributed by atoms with van der Waals surface area (Å²) < 4.78 is 7.30. The monoisotopic (exact) mass is 383 g/mol. The summed E-state index contributed by atoms with van der Waals surface area (Å²) in [6.07, 6.45) is 4.92. The Kier molecular flexibility index (Phi) is 5.25. The zero-order valence-electron chi connectivity index (χ0n) is 15.9. The number of aromatic nitrogens is 3. The van der Waals surface area contributed by atoms with Crippen LogP contribution in [-0.4, -0.2) is 21.6 Å². The van der Waals surface area contributed by atoms with E-state index >= 15 is 0 Å². The van der Waals surface area contributed by atoms with E-state index in [0.29, 0.717) is 19.1 Å². The highest BCUT2D eigenvalue weighted by atomic mass is 32.1. The molecule has 6 heteroatoms. The number of hydrogen-bond acceptors (Lipinski definition) is 5. The number of rotatable bonds is 6. The second kappa shape index (κ2) is 7.80. The normalized spacial score (nSPS) is 16.4. The molecular formula is C21H25N3O2S. The van der Waals surface area contributed by atoms with E-state index in [1.165, 1.54) is 20.7 Å². The summed E-state index contributed by atoms with van der Waals surface area (Å²) in [5.41, 5.74) is 2.44. The van der Waals surface area contributed by atoms with Crippen LogP contribution in [0.1, 0.15) is 42.2 Å². The highest BCUT2D eigenvalue weighted by molar-refractivity contribution is 7.18. The second-order valence-corrected chi connectivity index (χ2v) is 8.61. The van der Waals surface area contributed by atoms with Gasteiger partial charge < -0.3 is 4.74 Å². The number of thiophene rings is 1. The Labute approximate surface area is 163 Å². The molecule has 1 atom stereocenters. The minimum Gasteiger partial charge on any atom is -0.494 e. The average Bonchev–Trinajstić information content (AvgIpc) is 3.01. The van der Waals surface area contributed by atoms with Gasteiger partial charge in [-0.3, -0.25) is 4.79 Å². The van der Waals surface area contributed by atoms with Gasteiger partial charge in [0, 0.05) is 11.4 Å². The zero-order chi connectivity index (χ0) is 18.8. The van der Waals surface area contributed by atoms with Gasteiger partial charge in [-0.1, -0.05) is 24.3 Å². The van der Waals surface area contributed by atoms with Crippen molar-refractivity contribution >= 4 is 21.6 Å². The minimum absolute atomic E-state index is 0.0201. The summed E-state index contributed by atoms with van der Waals surface area (Å²) in [4.78, 5) is 15.0. The smallest absolute Gasteiger partial charge is 0.278 e. The van der Waals surface area contributed by atoms with Gasteiger partial charge >= 0.3 is 0 Å². The lowest BCUT2D eigenvalue weighted by molar-refractivity contribution is 0.300. The van der Waals surface area contributed by atoms with Crippen molar-refractivity contribution in [3.05, 3.63) is 50.6 Å². The SMILES string of the molecule is Cc1cccc(OCCCCn2nnc3sc4c(c3c2=O)CC[C@H](C)C4)c1. The number of hydrogen-bond donors (Lipinski definition) is 0. The summed E-state index contributed by atoms with van der Waals surface area (Å²) in [6, 6.07) is 8.05. The van der Waals surface area contributed by atoms with Crippen LogP contribution in [-0.2, 0) is 19.4 Å². The molecule has 4 rings (SSSR count). The van der Waals surface area contributed by atoms with E-state index in [-0.39, 0.29) is 5.56 Å². The Morgan fingerprint density at radius 2 is 2.22 bits per heavy atom. The molecule has 5 nitrogen and oxygen atoms in total. The lowest BCUT2D eigenvalue weighted by Crippen LogP contribution is -2.25. The lowest BCUT2D eigenvalue weighted by atomic mass is 9.89. The largest absolute Gasteiger partial charge is 0.494 e. The highest BCUT2D eigenvalue weighted by Crippen LogP contribution is 2.35. The first-order valence-electron chi connectivity index (χ1n) is 9.69. The van der Waals surface area contributed by atoms with Gasteiger partial charge in [0.1, 0.15) is 5.75 Å². The van der Waals surface area contributed by atoms with Gasteiger partial charge in [0.15, 0.2) is 4.83 Å². The van der Waals surface area contributed by atoms with Crippen molar-refractivity contribution in [2.75, 3.05) is 6.61 Å². The van der Waals surface area contributed by atoms with Gasteiger partial charge in [0.25, 0.3) is 5.56 Å². The fraction of sp³-hybridized carbons (Fsp3) is 0.476. The molecular weight excluding hydrogens is 358 g/mol. The molecule has 142 valence electrons. The molecule has 0 saturated carbocycles. The lowest BCUT2D eigenvalue weighted by Gasteiger charge is -2.17. The number of aryl methyl sites for hydroxylation is 3. The topological polar surface area (TPSA) is 57.0 Å². The van der Waals surface area contributed by atoms with E-state index in [2.05, 4.69) is 30.2 Å². The Morgan fingerprint density at radius 1 is 1.33 bits per heavy atom. The van der Waals surface area contributed by atoms with Crippen LogP contribution in [0.5, 0.6) is 5.75 Å². The standard InChI is InChI=1S/C21H25N3O2S/c1-14-6-5-7-16(12-14)26-11-4-3-10-24-21(25)19-17-9-8-15(2)13-18(17)27-20(19)22-23-24/h5-7,12,15H,3-4,8-11,13H2,1-2H3/t15-/m0/s1. The molecule has 0 N–H and O–H groups in total. The van der Waals surface area contributed by atoms with Crippen molar-refractivity contribution in [1.29, 1.82) is 0 Å². The molecule has 0 aliphatic heterocycles. The fourth-order valence-corrected chi connectivity index (χ4v) is 5.02. The van der Waals surface area contributed by atoms with Crippen LogP contribution in [0.15, 0.2) is 29.1 Å². The van der Waals surface area contributed by atoms with E-state index in [9.17, 15) is 4.79 Å². The third kappa shape index (κ3) is 3.90. The van der Waals surface area contributed by atoms with Gasteiger partial charge in [-0.2, -0.15) is 0 Å². The van der Waals surface area contributed by atoms with Crippen molar-refractivity contribution in [2.24, 2.45) is 5.92 Å². The summed E-state index contributed by atoms with van der Waals surface area (Å²) in [5.74, 6) is 1.58. The molecule has 0 bridgehead atoms. The van der Waals surface area contributed by atoms with Crippen LogP contribution < -0.4 is 10.3 Å². The maximum atomic E-state index is 12.9. The zero-order valence-corrected chi connectivity index (χ0v) is 16.7. The molecule has 1 aromatic carbocycles. The first kappa shape index (κ1) is 18.2. The van der Waals surface area contributed by atoms with E-state index < -0.39 is 0 Å². The second-order valence-electron chi connectivity index (χ2n) is 7.52.